The summed E-state index contributed by atoms with van der Waals surface area (Å²) >= 11 is 0. The highest BCUT2D eigenvalue weighted by Gasteiger charge is 2.29. The van der Waals surface area contributed by atoms with Crippen LogP contribution in [0.4, 0.5) is 4.79 Å². The first kappa shape index (κ1) is 24.3. The van der Waals surface area contributed by atoms with Crippen LogP contribution in [0.3, 0.4) is 0 Å². The lowest BCUT2D eigenvalue weighted by atomic mass is 9.98. The molecule has 8 nitrogen and oxygen atoms in total. The van der Waals surface area contributed by atoms with Gasteiger partial charge in [0.05, 0.1) is 0 Å². The number of rotatable bonds is 11. The largest absolute Gasteiger partial charge is 0.481 e. The minimum atomic E-state index is -1.03. The molecule has 1 aliphatic carbocycles. The zero-order valence-electron chi connectivity index (χ0n) is 19.0. The monoisotopic (exact) mass is 453 g/mol. The highest BCUT2D eigenvalue weighted by atomic mass is 16.5. The smallest absolute Gasteiger partial charge is 0.407 e. The Hall–Kier alpha value is -3.39. The topological polar surface area (TPSA) is 108 Å². The predicted molar refractivity (Wildman–Crippen MR) is 125 cm³/mol. The lowest BCUT2D eigenvalue weighted by molar-refractivity contribution is -0.137. The van der Waals surface area contributed by atoms with Crippen LogP contribution in [0.2, 0.25) is 0 Å². The van der Waals surface area contributed by atoms with Crippen LogP contribution in [-0.2, 0) is 14.3 Å². The lowest BCUT2D eigenvalue weighted by Gasteiger charge is -2.20. The van der Waals surface area contributed by atoms with Crippen LogP contribution in [0, 0.1) is 0 Å². The molecule has 1 unspecified atom stereocenters. The number of fused-ring (bicyclic) bond motifs is 3. The Bertz CT molecular complexity index is 948. The quantitative estimate of drug-likeness (QED) is 0.483. The predicted octanol–water partition coefficient (Wildman–Crippen LogP) is 2.83. The van der Waals surface area contributed by atoms with Crippen LogP contribution in [0.15, 0.2) is 48.5 Å². The summed E-state index contributed by atoms with van der Waals surface area (Å²) in [4.78, 5) is 38.1. The molecule has 0 saturated carbocycles. The van der Waals surface area contributed by atoms with Crippen molar-refractivity contribution in [1.82, 2.24) is 15.5 Å². The summed E-state index contributed by atoms with van der Waals surface area (Å²) < 4.78 is 5.50. The molecule has 0 bridgehead atoms. The Kier molecular flexibility index (Phi) is 8.43. The Balaban J connectivity index is 1.60. The number of aliphatic carboxylic acids is 1. The van der Waals surface area contributed by atoms with Gasteiger partial charge in [0.25, 0.3) is 0 Å². The molecule has 0 aliphatic heterocycles. The average molecular weight is 454 g/mol. The molecule has 0 saturated heterocycles. The van der Waals surface area contributed by atoms with E-state index in [1.54, 1.807) is 0 Å². The summed E-state index contributed by atoms with van der Waals surface area (Å²) in [5, 5.41) is 14.3. The second-order valence-electron chi connectivity index (χ2n) is 8.14. The molecule has 0 fully saturated rings. The maximum atomic E-state index is 12.6. The van der Waals surface area contributed by atoms with Gasteiger partial charge in [0.15, 0.2) is 0 Å². The van der Waals surface area contributed by atoms with Crippen molar-refractivity contribution >= 4 is 18.0 Å². The van der Waals surface area contributed by atoms with Crippen molar-refractivity contribution in [2.45, 2.75) is 31.7 Å². The molecule has 3 N–H and O–H groups in total. The van der Waals surface area contributed by atoms with Crippen LogP contribution in [0.25, 0.3) is 11.1 Å². The molecule has 0 radical (unpaired) electrons. The SMILES string of the molecule is CCN(C)CCNC(=O)C(CCC(=O)O)NC(=O)OCC1c2ccccc2-c2ccccc21. The van der Waals surface area contributed by atoms with Gasteiger partial charge < -0.3 is 25.4 Å². The van der Waals surface area contributed by atoms with Gasteiger partial charge >= 0.3 is 12.1 Å². The third kappa shape index (κ3) is 6.32. The Morgan fingerprint density at radius 1 is 1.06 bits per heavy atom. The molecule has 2 aromatic rings. The van der Waals surface area contributed by atoms with Gasteiger partial charge in [-0.15, -0.1) is 0 Å². The van der Waals surface area contributed by atoms with Crippen molar-refractivity contribution in [3.05, 3.63) is 59.7 Å². The number of hydrogen-bond donors (Lipinski definition) is 3. The van der Waals surface area contributed by atoms with E-state index in [0.29, 0.717) is 13.1 Å². The number of carboxylic acids is 1. The van der Waals surface area contributed by atoms with Crippen molar-refractivity contribution in [3.63, 3.8) is 0 Å². The first-order valence-electron chi connectivity index (χ1n) is 11.2. The van der Waals surface area contributed by atoms with Gasteiger partial charge in [-0.1, -0.05) is 55.5 Å². The lowest BCUT2D eigenvalue weighted by Crippen LogP contribution is -2.48. The summed E-state index contributed by atoms with van der Waals surface area (Å²) in [6.07, 6.45) is -1.00. The van der Waals surface area contributed by atoms with Gasteiger partial charge in [-0.25, -0.2) is 4.79 Å². The summed E-state index contributed by atoms with van der Waals surface area (Å²) in [6, 6.07) is 15.1. The molecule has 33 heavy (non-hydrogen) atoms. The number of ether oxygens (including phenoxy) is 1. The number of nitrogens with one attached hydrogen (secondary N) is 2. The van der Waals surface area contributed by atoms with Crippen molar-refractivity contribution in [2.24, 2.45) is 0 Å². The first-order valence-corrected chi connectivity index (χ1v) is 11.2. The number of amides is 2. The molecular weight excluding hydrogens is 422 g/mol. The van der Waals surface area contributed by atoms with E-state index >= 15 is 0 Å². The van der Waals surface area contributed by atoms with E-state index in [1.807, 2.05) is 55.3 Å². The maximum absolute atomic E-state index is 12.6. The van der Waals surface area contributed by atoms with E-state index in [2.05, 4.69) is 22.8 Å². The van der Waals surface area contributed by atoms with E-state index < -0.39 is 24.0 Å². The molecule has 176 valence electrons. The zero-order valence-corrected chi connectivity index (χ0v) is 19.0. The highest BCUT2D eigenvalue weighted by Crippen LogP contribution is 2.44. The first-order chi connectivity index (χ1) is 15.9. The molecule has 0 aromatic heterocycles. The van der Waals surface area contributed by atoms with Gasteiger partial charge in [0.1, 0.15) is 12.6 Å². The Morgan fingerprint density at radius 3 is 2.24 bits per heavy atom. The van der Waals surface area contributed by atoms with E-state index in [0.717, 1.165) is 28.8 Å². The van der Waals surface area contributed by atoms with Crippen LogP contribution in [0.5, 0.6) is 0 Å². The van der Waals surface area contributed by atoms with Crippen molar-refractivity contribution in [1.29, 1.82) is 0 Å². The third-order valence-corrected chi connectivity index (χ3v) is 5.93. The van der Waals surface area contributed by atoms with Crippen molar-refractivity contribution < 1.29 is 24.2 Å². The van der Waals surface area contributed by atoms with Gasteiger partial charge in [0.2, 0.25) is 5.91 Å². The van der Waals surface area contributed by atoms with Gasteiger partial charge in [-0.3, -0.25) is 9.59 Å². The second kappa shape index (κ2) is 11.5. The van der Waals surface area contributed by atoms with E-state index in [-0.39, 0.29) is 25.4 Å². The van der Waals surface area contributed by atoms with Gasteiger partial charge in [0, 0.05) is 25.4 Å². The number of alkyl carbamates (subject to hydrolysis) is 1. The van der Waals surface area contributed by atoms with Gasteiger partial charge in [-0.2, -0.15) is 0 Å². The van der Waals surface area contributed by atoms with Crippen LogP contribution in [-0.4, -0.2) is 67.3 Å². The molecule has 8 heteroatoms. The number of carbonyl (C=O) groups is 3. The fourth-order valence-electron chi connectivity index (χ4n) is 3.97. The number of hydrogen-bond acceptors (Lipinski definition) is 5. The third-order valence-electron chi connectivity index (χ3n) is 5.93. The van der Waals surface area contributed by atoms with Gasteiger partial charge in [-0.05, 0) is 42.3 Å². The Morgan fingerprint density at radius 2 is 1.67 bits per heavy atom. The molecule has 1 atom stereocenters. The summed E-state index contributed by atoms with van der Waals surface area (Å²) in [5.74, 6) is -1.55. The summed E-state index contributed by atoms with van der Waals surface area (Å²) in [6.45, 7) is 4.03. The molecule has 1 aliphatic rings. The van der Waals surface area contributed by atoms with E-state index in [1.165, 1.54) is 0 Å². The maximum Gasteiger partial charge on any atom is 0.407 e. The number of benzene rings is 2. The molecular formula is C25H31N3O5. The van der Waals surface area contributed by atoms with Crippen LogP contribution in [0.1, 0.15) is 36.8 Å². The second-order valence-corrected chi connectivity index (χ2v) is 8.14. The van der Waals surface area contributed by atoms with Crippen LogP contribution >= 0.6 is 0 Å². The fraction of sp³-hybridized carbons (Fsp3) is 0.400. The number of carboxylic acid groups (broad SMARTS) is 1. The van der Waals surface area contributed by atoms with Crippen LogP contribution < -0.4 is 10.6 Å². The van der Waals surface area contributed by atoms with Crippen molar-refractivity contribution in [3.8, 4) is 11.1 Å². The molecule has 0 heterocycles. The summed E-state index contributed by atoms with van der Waals surface area (Å²) in [7, 11) is 1.93. The normalized spacial score (nSPS) is 13.2. The Labute approximate surface area is 193 Å². The molecule has 0 spiro atoms. The molecule has 2 amide bonds. The fourth-order valence-corrected chi connectivity index (χ4v) is 3.97. The standard InChI is InChI=1S/C25H31N3O5/c1-3-28(2)15-14-26-24(31)22(12-13-23(29)30)27-25(32)33-16-21-19-10-6-4-8-17(19)18-9-5-7-11-20(18)21/h4-11,21-22H,3,12-16H2,1-2H3,(H,26,31)(H,27,32)(H,29,30). The minimum absolute atomic E-state index is 0.0189. The average Bonchev–Trinajstić information content (AvgIpc) is 3.13. The summed E-state index contributed by atoms with van der Waals surface area (Å²) in [5.41, 5.74) is 4.43. The highest BCUT2D eigenvalue weighted by molar-refractivity contribution is 5.86. The molecule has 3 rings (SSSR count). The van der Waals surface area contributed by atoms with E-state index in [4.69, 9.17) is 9.84 Å². The minimum Gasteiger partial charge on any atom is -0.481 e. The van der Waals surface area contributed by atoms with Crippen molar-refractivity contribution in [2.75, 3.05) is 33.3 Å². The zero-order chi connectivity index (χ0) is 23.8. The molecule has 2 aromatic carbocycles. The number of likely N-dealkylation sites (N-methyl/N-ethyl adjacent to an activating group) is 1. The number of nitrogens with zero attached hydrogens (tertiary/aromatic N) is 1. The number of carbonyl (C=O) groups excluding carboxylic acids is 2. The van der Waals surface area contributed by atoms with E-state index in [9.17, 15) is 14.4 Å².